The van der Waals surface area contributed by atoms with Crippen molar-refractivity contribution in [1.29, 1.82) is 0 Å². The Kier molecular flexibility index (Phi) is 3.67. The van der Waals surface area contributed by atoms with Crippen LogP contribution in [0.2, 0.25) is 5.15 Å². The van der Waals surface area contributed by atoms with Gasteiger partial charge in [0, 0.05) is 11.8 Å². The molecule has 5 heteroatoms. The second-order valence-corrected chi connectivity index (χ2v) is 4.73. The normalized spacial score (nSPS) is 10.7. The SMILES string of the molecule is CC(C)c1cccc(Nc2cc(Cl)nc(N)n2)c1. The molecule has 0 aliphatic carbocycles. The minimum atomic E-state index is 0.157. The summed E-state index contributed by atoms with van der Waals surface area (Å²) in [5, 5.41) is 3.49. The number of hydrogen-bond donors (Lipinski definition) is 2. The van der Waals surface area contributed by atoms with Gasteiger partial charge >= 0.3 is 0 Å². The van der Waals surface area contributed by atoms with E-state index in [0.29, 0.717) is 16.9 Å². The van der Waals surface area contributed by atoms with E-state index in [-0.39, 0.29) is 5.95 Å². The molecule has 2 aromatic rings. The number of anilines is 3. The Bertz CT molecular complexity index is 534. The van der Waals surface area contributed by atoms with Crippen molar-refractivity contribution < 1.29 is 0 Å². The smallest absolute Gasteiger partial charge is 0.223 e. The van der Waals surface area contributed by atoms with E-state index in [1.807, 2.05) is 12.1 Å². The Balaban J connectivity index is 2.25. The van der Waals surface area contributed by atoms with Crippen molar-refractivity contribution in [3.63, 3.8) is 0 Å². The number of hydrogen-bond acceptors (Lipinski definition) is 4. The van der Waals surface area contributed by atoms with Crippen LogP contribution < -0.4 is 11.1 Å². The fourth-order valence-electron chi connectivity index (χ4n) is 1.62. The number of nitrogens with one attached hydrogen (secondary N) is 1. The summed E-state index contributed by atoms with van der Waals surface area (Å²) in [7, 11) is 0. The average molecular weight is 263 g/mol. The Morgan fingerprint density at radius 3 is 2.67 bits per heavy atom. The maximum Gasteiger partial charge on any atom is 0.223 e. The second kappa shape index (κ2) is 5.23. The first-order valence-electron chi connectivity index (χ1n) is 5.71. The van der Waals surface area contributed by atoms with Gasteiger partial charge in [-0.2, -0.15) is 4.98 Å². The first-order valence-corrected chi connectivity index (χ1v) is 6.09. The minimum Gasteiger partial charge on any atom is -0.368 e. The van der Waals surface area contributed by atoms with Crippen molar-refractivity contribution >= 4 is 29.1 Å². The fourth-order valence-corrected chi connectivity index (χ4v) is 1.81. The summed E-state index contributed by atoms with van der Waals surface area (Å²) in [6.45, 7) is 4.30. The Morgan fingerprint density at radius 1 is 1.22 bits per heavy atom. The predicted molar refractivity (Wildman–Crippen MR) is 75.3 cm³/mol. The summed E-state index contributed by atoms with van der Waals surface area (Å²) >= 11 is 5.83. The van der Waals surface area contributed by atoms with Gasteiger partial charge in [-0.15, -0.1) is 0 Å². The molecule has 18 heavy (non-hydrogen) atoms. The number of aromatic nitrogens is 2. The molecule has 94 valence electrons. The topological polar surface area (TPSA) is 63.8 Å². The van der Waals surface area contributed by atoms with Crippen LogP contribution in [-0.4, -0.2) is 9.97 Å². The Hall–Kier alpha value is -1.81. The van der Waals surface area contributed by atoms with Gasteiger partial charge in [-0.05, 0) is 23.6 Å². The lowest BCUT2D eigenvalue weighted by molar-refractivity contribution is 0.867. The van der Waals surface area contributed by atoms with Crippen LogP contribution in [0.4, 0.5) is 17.5 Å². The Labute approximate surface area is 111 Å². The predicted octanol–water partition coefficient (Wildman–Crippen LogP) is 3.58. The van der Waals surface area contributed by atoms with Crippen LogP contribution in [0.5, 0.6) is 0 Å². The highest BCUT2D eigenvalue weighted by atomic mass is 35.5. The third kappa shape index (κ3) is 3.11. The fraction of sp³-hybridized carbons (Fsp3) is 0.231. The molecule has 0 atom stereocenters. The van der Waals surface area contributed by atoms with Crippen molar-refractivity contribution in [2.75, 3.05) is 11.1 Å². The number of halogens is 1. The number of nitrogens with two attached hydrogens (primary N) is 1. The number of nitrogens with zero attached hydrogens (tertiary/aromatic N) is 2. The second-order valence-electron chi connectivity index (χ2n) is 4.34. The van der Waals surface area contributed by atoms with E-state index in [2.05, 4.69) is 41.3 Å². The van der Waals surface area contributed by atoms with Gasteiger partial charge in [-0.25, -0.2) is 4.98 Å². The van der Waals surface area contributed by atoms with E-state index in [1.54, 1.807) is 6.07 Å². The van der Waals surface area contributed by atoms with Crippen LogP contribution >= 0.6 is 11.6 Å². The van der Waals surface area contributed by atoms with Gasteiger partial charge in [0.2, 0.25) is 5.95 Å². The first-order chi connectivity index (χ1) is 8.54. The lowest BCUT2D eigenvalue weighted by atomic mass is 10.0. The molecule has 0 spiro atoms. The largest absolute Gasteiger partial charge is 0.368 e. The summed E-state index contributed by atoms with van der Waals surface area (Å²) < 4.78 is 0. The highest BCUT2D eigenvalue weighted by Gasteiger charge is 2.03. The lowest BCUT2D eigenvalue weighted by Gasteiger charge is -2.10. The monoisotopic (exact) mass is 262 g/mol. The molecular formula is C13H15ClN4. The van der Waals surface area contributed by atoms with Crippen LogP contribution in [0.15, 0.2) is 30.3 Å². The summed E-state index contributed by atoms with van der Waals surface area (Å²) in [6.07, 6.45) is 0. The minimum absolute atomic E-state index is 0.157. The highest BCUT2D eigenvalue weighted by Crippen LogP contribution is 2.22. The lowest BCUT2D eigenvalue weighted by Crippen LogP contribution is -2.00. The highest BCUT2D eigenvalue weighted by molar-refractivity contribution is 6.29. The molecule has 1 heterocycles. The van der Waals surface area contributed by atoms with Crippen LogP contribution in [0.3, 0.4) is 0 Å². The van der Waals surface area contributed by atoms with Gasteiger partial charge in [0.15, 0.2) is 0 Å². The van der Waals surface area contributed by atoms with E-state index < -0.39 is 0 Å². The number of nitrogen functional groups attached to an aromatic ring is 1. The van der Waals surface area contributed by atoms with E-state index in [4.69, 9.17) is 17.3 Å². The average Bonchev–Trinajstić information content (AvgIpc) is 2.27. The van der Waals surface area contributed by atoms with E-state index in [1.165, 1.54) is 5.56 Å². The van der Waals surface area contributed by atoms with Crippen LogP contribution in [0.1, 0.15) is 25.3 Å². The molecule has 0 amide bonds. The molecule has 0 unspecified atom stereocenters. The molecule has 1 aromatic heterocycles. The molecule has 0 fully saturated rings. The van der Waals surface area contributed by atoms with Crippen molar-refractivity contribution in [3.05, 3.63) is 41.0 Å². The van der Waals surface area contributed by atoms with Gasteiger partial charge in [0.05, 0.1) is 0 Å². The molecule has 4 nitrogen and oxygen atoms in total. The molecule has 0 radical (unpaired) electrons. The standard InChI is InChI=1S/C13H15ClN4/c1-8(2)9-4-3-5-10(6-9)16-12-7-11(14)17-13(15)18-12/h3-8H,1-2H3,(H3,15,16,17,18). The third-order valence-electron chi connectivity index (χ3n) is 2.54. The van der Waals surface area contributed by atoms with Crippen molar-refractivity contribution in [2.45, 2.75) is 19.8 Å². The summed E-state index contributed by atoms with van der Waals surface area (Å²) in [5.74, 6) is 1.23. The zero-order chi connectivity index (χ0) is 13.1. The Morgan fingerprint density at radius 2 is 2.00 bits per heavy atom. The maximum atomic E-state index is 5.83. The van der Waals surface area contributed by atoms with Gasteiger partial charge in [-0.3, -0.25) is 0 Å². The number of rotatable bonds is 3. The molecule has 0 saturated heterocycles. The van der Waals surface area contributed by atoms with Crippen LogP contribution in [0.25, 0.3) is 0 Å². The maximum absolute atomic E-state index is 5.83. The summed E-state index contributed by atoms with van der Waals surface area (Å²) in [4.78, 5) is 7.89. The van der Waals surface area contributed by atoms with E-state index in [9.17, 15) is 0 Å². The summed E-state index contributed by atoms with van der Waals surface area (Å²) in [5.41, 5.74) is 7.76. The molecular weight excluding hydrogens is 248 g/mol. The quantitative estimate of drug-likeness (QED) is 0.830. The molecule has 0 saturated carbocycles. The molecule has 1 aromatic carbocycles. The van der Waals surface area contributed by atoms with Crippen LogP contribution in [-0.2, 0) is 0 Å². The molecule has 3 N–H and O–H groups in total. The van der Waals surface area contributed by atoms with E-state index >= 15 is 0 Å². The van der Waals surface area contributed by atoms with Crippen molar-refractivity contribution in [1.82, 2.24) is 9.97 Å². The molecule has 0 aliphatic heterocycles. The van der Waals surface area contributed by atoms with Crippen LogP contribution in [0, 0.1) is 0 Å². The van der Waals surface area contributed by atoms with Crippen molar-refractivity contribution in [2.24, 2.45) is 0 Å². The zero-order valence-electron chi connectivity index (χ0n) is 10.3. The number of benzene rings is 1. The van der Waals surface area contributed by atoms with Gasteiger partial charge < -0.3 is 11.1 Å². The van der Waals surface area contributed by atoms with Gasteiger partial charge in [0.1, 0.15) is 11.0 Å². The first kappa shape index (κ1) is 12.6. The zero-order valence-corrected chi connectivity index (χ0v) is 11.1. The van der Waals surface area contributed by atoms with E-state index in [0.717, 1.165) is 5.69 Å². The molecule has 0 aliphatic rings. The van der Waals surface area contributed by atoms with Crippen molar-refractivity contribution in [3.8, 4) is 0 Å². The van der Waals surface area contributed by atoms with Gasteiger partial charge in [0.25, 0.3) is 0 Å². The summed E-state index contributed by atoms with van der Waals surface area (Å²) in [6, 6.07) is 9.79. The molecule has 2 rings (SSSR count). The third-order valence-corrected chi connectivity index (χ3v) is 2.73. The molecule has 0 bridgehead atoms. The van der Waals surface area contributed by atoms with Gasteiger partial charge in [-0.1, -0.05) is 37.6 Å².